The molecule has 0 aliphatic heterocycles. The van der Waals surface area contributed by atoms with Gasteiger partial charge in [-0.1, -0.05) is 17.7 Å². The maximum Gasteiger partial charge on any atom is 0.0743 e. The molecule has 0 saturated carbocycles. The van der Waals surface area contributed by atoms with Gasteiger partial charge in [-0.2, -0.15) is 0 Å². The van der Waals surface area contributed by atoms with E-state index in [1.165, 1.54) is 0 Å². The Morgan fingerprint density at radius 1 is 1.05 bits per heavy atom. The van der Waals surface area contributed by atoms with Gasteiger partial charge in [0, 0.05) is 33.7 Å². The summed E-state index contributed by atoms with van der Waals surface area (Å²) in [5.41, 5.74) is 10.5. The van der Waals surface area contributed by atoms with Crippen molar-refractivity contribution in [1.29, 1.82) is 0 Å². The van der Waals surface area contributed by atoms with Crippen LogP contribution in [0.1, 0.15) is 5.56 Å². The number of halogens is 1. The first kappa shape index (κ1) is 12.8. The van der Waals surface area contributed by atoms with Gasteiger partial charge in [0.1, 0.15) is 0 Å². The molecule has 3 aromatic rings. The molecule has 0 atom stereocenters. The second kappa shape index (κ2) is 5.02. The number of nitrogens with one attached hydrogen (secondary N) is 1. The van der Waals surface area contributed by atoms with Crippen LogP contribution in [0.15, 0.2) is 48.7 Å². The number of anilines is 3. The molecular weight excluding hydrogens is 270 g/mol. The third kappa shape index (κ3) is 2.40. The monoisotopic (exact) mass is 283 g/mol. The van der Waals surface area contributed by atoms with Gasteiger partial charge >= 0.3 is 0 Å². The number of nitrogens with zero attached hydrogens (tertiary/aromatic N) is 1. The first-order valence-electron chi connectivity index (χ1n) is 6.31. The highest BCUT2D eigenvalue weighted by Gasteiger charge is 2.05. The number of benzene rings is 2. The van der Waals surface area contributed by atoms with E-state index in [0.717, 1.165) is 27.8 Å². The van der Waals surface area contributed by atoms with E-state index in [1.54, 1.807) is 6.20 Å². The molecule has 20 heavy (non-hydrogen) atoms. The van der Waals surface area contributed by atoms with Crippen molar-refractivity contribution >= 4 is 39.6 Å². The van der Waals surface area contributed by atoms with E-state index in [1.807, 2.05) is 49.4 Å². The number of aryl methyl sites for hydroxylation is 1. The summed E-state index contributed by atoms with van der Waals surface area (Å²) in [5, 5.41) is 5.15. The van der Waals surface area contributed by atoms with Gasteiger partial charge in [-0.15, -0.1) is 0 Å². The van der Waals surface area contributed by atoms with Crippen molar-refractivity contribution in [2.24, 2.45) is 0 Å². The normalized spacial score (nSPS) is 10.7. The number of fused-ring (bicyclic) bond motifs is 1. The SMILES string of the molecule is Cc1ccc(Cl)cc1Nc1ccnc2cc(N)ccc12. The molecule has 3 nitrogen and oxygen atoms in total. The molecule has 4 heteroatoms. The van der Waals surface area contributed by atoms with Crippen molar-refractivity contribution in [3.8, 4) is 0 Å². The molecule has 0 aliphatic rings. The zero-order valence-corrected chi connectivity index (χ0v) is 11.8. The Balaban J connectivity index is 2.09. The van der Waals surface area contributed by atoms with Crippen LogP contribution in [0.3, 0.4) is 0 Å². The zero-order valence-electron chi connectivity index (χ0n) is 11.0. The molecule has 3 rings (SSSR count). The van der Waals surface area contributed by atoms with Crippen molar-refractivity contribution in [2.45, 2.75) is 6.92 Å². The van der Waals surface area contributed by atoms with E-state index in [-0.39, 0.29) is 0 Å². The van der Waals surface area contributed by atoms with Gasteiger partial charge in [0.25, 0.3) is 0 Å². The number of nitrogen functional groups attached to an aromatic ring is 1. The Morgan fingerprint density at radius 2 is 1.90 bits per heavy atom. The quantitative estimate of drug-likeness (QED) is 0.680. The van der Waals surface area contributed by atoms with Gasteiger partial charge < -0.3 is 11.1 Å². The fraction of sp³-hybridized carbons (Fsp3) is 0.0625. The minimum Gasteiger partial charge on any atom is -0.399 e. The largest absolute Gasteiger partial charge is 0.399 e. The fourth-order valence-electron chi connectivity index (χ4n) is 2.15. The summed E-state index contributed by atoms with van der Waals surface area (Å²) in [6, 6.07) is 13.4. The summed E-state index contributed by atoms with van der Waals surface area (Å²) in [7, 11) is 0. The minimum absolute atomic E-state index is 0.709. The summed E-state index contributed by atoms with van der Waals surface area (Å²) in [4.78, 5) is 4.34. The summed E-state index contributed by atoms with van der Waals surface area (Å²) in [6.07, 6.45) is 1.77. The molecule has 0 spiro atoms. The molecule has 0 amide bonds. The Hall–Kier alpha value is -2.26. The average molecular weight is 284 g/mol. The Bertz CT molecular complexity index is 784. The second-order valence-corrected chi connectivity index (χ2v) is 5.16. The van der Waals surface area contributed by atoms with Gasteiger partial charge in [-0.25, -0.2) is 0 Å². The molecule has 0 aliphatic carbocycles. The highest BCUT2D eigenvalue weighted by Crippen LogP contribution is 2.29. The molecule has 0 unspecified atom stereocenters. The van der Waals surface area contributed by atoms with E-state index in [0.29, 0.717) is 10.7 Å². The van der Waals surface area contributed by atoms with Crippen LogP contribution in [-0.2, 0) is 0 Å². The van der Waals surface area contributed by atoms with Crippen LogP contribution in [0.2, 0.25) is 5.02 Å². The van der Waals surface area contributed by atoms with E-state index in [4.69, 9.17) is 17.3 Å². The Labute approximate surface area is 122 Å². The van der Waals surface area contributed by atoms with E-state index >= 15 is 0 Å². The predicted molar refractivity (Wildman–Crippen MR) is 85.6 cm³/mol. The first-order valence-corrected chi connectivity index (χ1v) is 6.69. The average Bonchev–Trinajstić information content (AvgIpc) is 2.43. The van der Waals surface area contributed by atoms with E-state index in [9.17, 15) is 0 Å². The number of nitrogens with two attached hydrogens (primary N) is 1. The number of aromatic nitrogens is 1. The molecule has 1 heterocycles. The van der Waals surface area contributed by atoms with Gasteiger partial charge in [-0.3, -0.25) is 4.98 Å². The zero-order chi connectivity index (χ0) is 14.1. The van der Waals surface area contributed by atoms with Gasteiger partial charge in [0.15, 0.2) is 0 Å². The lowest BCUT2D eigenvalue weighted by Gasteiger charge is -2.12. The molecule has 0 saturated heterocycles. The second-order valence-electron chi connectivity index (χ2n) is 4.72. The first-order chi connectivity index (χ1) is 9.63. The lowest BCUT2D eigenvalue weighted by Crippen LogP contribution is -1.95. The maximum atomic E-state index is 6.05. The van der Waals surface area contributed by atoms with E-state index in [2.05, 4.69) is 10.3 Å². The molecule has 3 N–H and O–H groups in total. The smallest absolute Gasteiger partial charge is 0.0743 e. The third-order valence-corrected chi connectivity index (χ3v) is 3.47. The van der Waals surface area contributed by atoms with Crippen LogP contribution in [0, 0.1) is 6.92 Å². The van der Waals surface area contributed by atoms with Gasteiger partial charge in [0.05, 0.1) is 5.52 Å². The summed E-state index contributed by atoms with van der Waals surface area (Å²) in [5.74, 6) is 0. The van der Waals surface area contributed by atoms with Gasteiger partial charge in [0.2, 0.25) is 0 Å². The molecule has 2 aromatic carbocycles. The summed E-state index contributed by atoms with van der Waals surface area (Å²) >= 11 is 6.05. The molecule has 1 aromatic heterocycles. The maximum absolute atomic E-state index is 6.05. The fourth-order valence-corrected chi connectivity index (χ4v) is 2.32. The third-order valence-electron chi connectivity index (χ3n) is 3.24. The van der Waals surface area contributed by atoms with Crippen molar-refractivity contribution in [3.63, 3.8) is 0 Å². The molecule has 100 valence electrons. The predicted octanol–water partition coefficient (Wildman–Crippen LogP) is 4.52. The van der Waals surface area contributed by atoms with Crippen LogP contribution >= 0.6 is 11.6 Å². The standard InChI is InChI=1S/C16H14ClN3/c1-10-2-3-11(17)8-15(10)20-14-6-7-19-16-9-12(18)4-5-13(14)16/h2-9H,18H2,1H3,(H,19,20). The number of rotatable bonds is 2. The molecule has 0 bridgehead atoms. The number of hydrogen-bond donors (Lipinski definition) is 2. The summed E-state index contributed by atoms with van der Waals surface area (Å²) in [6.45, 7) is 2.04. The minimum atomic E-state index is 0.709. The van der Waals surface area contributed by atoms with Crippen LogP contribution < -0.4 is 11.1 Å². The highest BCUT2D eigenvalue weighted by molar-refractivity contribution is 6.30. The van der Waals surface area contributed by atoms with Gasteiger partial charge in [-0.05, 0) is 48.9 Å². The van der Waals surface area contributed by atoms with Crippen LogP contribution in [-0.4, -0.2) is 4.98 Å². The van der Waals surface area contributed by atoms with E-state index < -0.39 is 0 Å². The molecule has 0 fully saturated rings. The Kier molecular flexibility index (Phi) is 3.20. The highest BCUT2D eigenvalue weighted by atomic mass is 35.5. The van der Waals surface area contributed by atoms with Crippen LogP contribution in [0.25, 0.3) is 10.9 Å². The van der Waals surface area contributed by atoms with Crippen molar-refractivity contribution in [2.75, 3.05) is 11.1 Å². The van der Waals surface area contributed by atoms with Crippen molar-refractivity contribution < 1.29 is 0 Å². The topological polar surface area (TPSA) is 50.9 Å². The lowest BCUT2D eigenvalue weighted by molar-refractivity contribution is 1.39. The summed E-state index contributed by atoms with van der Waals surface area (Å²) < 4.78 is 0. The molecule has 0 radical (unpaired) electrons. The lowest BCUT2D eigenvalue weighted by atomic mass is 10.1. The Morgan fingerprint density at radius 3 is 2.75 bits per heavy atom. The molecular formula is C16H14ClN3. The van der Waals surface area contributed by atoms with Crippen LogP contribution in [0.5, 0.6) is 0 Å². The van der Waals surface area contributed by atoms with Crippen LogP contribution in [0.4, 0.5) is 17.1 Å². The number of pyridine rings is 1. The van der Waals surface area contributed by atoms with Crippen molar-refractivity contribution in [3.05, 3.63) is 59.2 Å². The van der Waals surface area contributed by atoms with Crippen molar-refractivity contribution in [1.82, 2.24) is 4.98 Å². The number of hydrogen-bond acceptors (Lipinski definition) is 3.